The molecule has 0 spiro atoms. The van der Waals surface area contributed by atoms with Crippen LogP contribution in [0.1, 0.15) is 28.2 Å². The van der Waals surface area contributed by atoms with E-state index in [1.807, 2.05) is 0 Å². The third kappa shape index (κ3) is 4.82. The summed E-state index contributed by atoms with van der Waals surface area (Å²) in [5.41, 5.74) is 0.0771. The third-order valence-electron chi connectivity index (χ3n) is 3.21. The highest BCUT2D eigenvalue weighted by molar-refractivity contribution is 9.10. The number of hydrogen-bond acceptors (Lipinski definition) is 2. The van der Waals surface area contributed by atoms with Crippen LogP contribution in [0.4, 0.5) is 13.2 Å². The van der Waals surface area contributed by atoms with Gasteiger partial charge in [0, 0.05) is 28.8 Å². The molecule has 1 aromatic heterocycles. The summed E-state index contributed by atoms with van der Waals surface area (Å²) in [5, 5.41) is 6.27. The first kappa shape index (κ1) is 17.5. The fraction of sp³-hybridized carbons (Fsp3) is 0.333. The van der Waals surface area contributed by atoms with Crippen molar-refractivity contribution in [2.24, 2.45) is 0 Å². The van der Waals surface area contributed by atoms with Gasteiger partial charge in [0.05, 0.1) is 0 Å². The van der Waals surface area contributed by atoms with Crippen LogP contribution in [-0.4, -0.2) is 22.2 Å². The smallest absolute Gasteiger partial charge is 0.352 e. The van der Waals surface area contributed by atoms with Gasteiger partial charge in [0.1, 0.15) is 0 Å². The Kier molecular flexibility index (Phi) is 5.46. The molecule has 23 heavy (non-hydrogen) atoms. The highest BCUT2D eigenvalue weighted by Gasteiger charge is 2.34. The molecule has 0 aliphatic rings. The molecule has 2 rings (SSSR count). The van der Waals surface area contributed by atoms with E-state index in [9.17, 15) is 18.0 Å². The summed E-state index contributed by atoms with van der Waals surface area (Å²) in [6.45, 7) is 2.24. The monoisotopic (exact) mass is 389 g/mol. The van der Waals surface area contributed by atoms with E-state index in [1.54, 1.807) is 31.2 Å². The minimum absolute atomic E-state index is 0.217. The summed E-state index contributed by atoms with van der Waals surface area (Å²) in [4.78, 5) is 11.9. The van der Waals surface area contributed by atoms with Crippen molar-refractivity contribution in [1.29, 1.82) is 0 Å². The van der Waals surface area contributed by atoms with Gasteiger partial charge in [-0.2, -0.15) is 18.3 Å². The lowest BCUT2D eigenvalue weighted by atomic mass is 10.2. The van der Waals surface area contributed by atoms with E-state index < -0.39 is 11.9 Å². The molecule has 0 aliphatic heterocycles. The zero-order valence-corrected chi connectivity index (χ0v) is 13.9. The molecule has 0 unspecified atom stereocenters. The maximum absolute atomic E-state index is 12.6. The molecule has 0 saturated heterocycles. The van der Waals surface area contributed by atoms with Crippen molar-refractivity contribution >= 4 is 21.8 Å². The molecule has 0 saturated carbocycles. The Morgan fingerprint density at radius 2 is 1.96 bits per heavy atom. The number of hydrogen-bond donors (Lipinski definition) is 1. The highest BCUT2D eigenvalue weighted by atomic mass is 79.9. The first-order chi connectivity index (χ1) is 10.8. The van der Waals surface area contributed by atoms with E-state index in [-0.39, 0.29) is 5.91 Å². The van der Waals surface area contributed by atoms with E-state index in [1.165, 1.54) is 4.68 Å². The Labute approximate surface area is 139 Å². The molecule has 1 amide bonds. The number of amides is 1. The summed E-state index contributed by atoms with van der Waals surface area (Å²) in [6.07, 6.45) is -3.95. The molecule has 4 nitrogen and oxygen atoms in total. The van der Waals surface area contributed by atoms with Crippen molar-refractivity contribution in [3.05, 3.63) is 51.8 Å². The van der Waals surface area contributed by atoms with Crippen LogP contribution in [0, 0.1) is 6.92 Å². The second-order valence-electron chi connectivity index (χ2n) is 5.01. The summed E-state index contributed by atoms with van der Waals surface area (Å²) >= 11 is 3.29. The number of aryl methyl sites for hydroxylation is 2. The van der Waals surface area contributed by atoms with Crippen molar-refractivity contribution in [3.8, 4) is 0 Å². The first-order valence-corrected chi connectivity index (χ1v) is 7.72. The highest BCUT2D eigenvalue weighted by Crippen LogP contribution is 2.28. The standard InChI is InChI=1S/C15H15BrF3N3O/c1-10-9-13(15(17,18)19)21-22(10)8-2-7-20-14(23)11-3-5-12(16)6-4-11/h3-6,9H,2,7-8H2,1H3,(H,20,23). The number of carbonyl (C=O) groups excluding carboxylic acids is 1. The molecule has 2 aromatic rings. The van der Waals surface area contributed by atoms with Gasteiger partial charge >= 0.3 is 6.18 Å². The summed E-state index contributed by atoms with van der Waals surface area (Å²) in [5.74, 6) is -0.217. The SMILES string of the molecule is Cc1cc(C(F)(F)F)nn1CCCNC(=O)c1ccc(Br)cc1. The molecule has 124 valence electrons. The van der Waals surface area contributed by atoms with Gasteiger partial charge in [0.15, 0.2) is 5.69 Å². The second-order valence-corrected chi connectivity index (χ2v) is 5.92. The number of nitrogens with zero attached hydrogens (tertiary/aromatic N) is 2. The van der Waals surface area contributed by atoms with Crippen molar-refractivity contribution < 1.29 is 18.0 Å². The third-order valence-corrected chi connectivity index (χ3v) is 3.74. The predicted octanol–water partition coefficient (Wildman–Crippen LogP) is 3.79. The van der Waals surface area contributed by atoms with Gasteiger partial charge in [-0.05, 0) is 43.7 Å². The topological polar surface area (TPSA) is 46.9 Å². The summed E-state index contributed by atoms with van der Waals surface area (Å²) < 4.78 is 39.8. The Morgan fingerprint density at radius 1 is 1.30 bits per heavy atom. The van der Waals surface area contributed by atoms with E-state index >= 15 is 0 Å². The number of aromatic nitrogens is 2. The van der Waals surface area contributed by atoms with Crippen LogP contribution in [-0.2, 0) is 12.7 Å². The van der Waals surface area contributed by atoms with Crippen molar-refractivity contribution in [2.45, 2.75) is 26.1 Å². The number of nitrogens with one attached hydrogen (secondary N) is 1. The largest absolute Gasteiger partial charge is 0.435 e. The summed E-state index contributed by atoms with van der Waals surface area (Å²) in [7, 11) is 0. The molecule has 1 N–H and O–H groups in total. The number of alkyl halides is 3. The fourth-order valence-electron chi connectivity index (χ4n) is 2.01. The number of halogens is 4. The lowest BCUT2D eigenvalue weighted by Gasteiger charge is -2.07. The molecule has 0 radical (unpaired) electrons. The maximum Gasteiger partial charge on any atom is 0.435 e. The Hall–Kier alpha value is -1.83. The predicted molar refractivity (Wildman–Crippen MR) is 83.1 cm³/mol. The molecule has 0 fully saturated rings. The van der Waals surface area contributed by atoms with E-state index in [4.69, 9.17) is 0 Å². The van der Waals surface area contributed by atoms with Crippen LogP contribution < -0.4 is 5.32 Å². The van der Waals surface area contributed by atoms with Gasteiger partial charge in [-0.3, -0.25) is 9.48 Å². The Balaban J connectivity index is 1.82. The average molecular weight is 390 g/mol. The van der Waals surface area contributed by atoms with Crippen LogP contribution in [0.2, 0.25) is 0 Å². The quantitative estimate of drug-likeness (QED) is 0.790. The van der Waals surface area contributed by atoms with Gasteiger partial charge in [-0.15, -0.1) is 0 Å². The van der Waals surface area contributed by atoms with Gasteiger partial charge in [-0.1, -0.05) is 15.9 Å². The van der Waals surface area contributed by atoms with Gasteiger partial charge in [-0.25, -0.2) is 0 Å². The number of rotatable bonds is 5. The molecular weight excluding hydrogens is 375 g/mol. The molecule has 0 atom stereocenters. The van der Waals surface area contributed by atoms with E-state index in [0.29, 0.717) is 30.8 Å². The van der Waals surface area contributed by atoms with Crippen molar-refractivity contribution in [1.82, 2.24) is 15.1 Å². The van der Waals surface area contributed by atoms with Crippen molar-refractivity contribution in [2.75, 3.05) is 6.54 Å². The van der Waals surface area contributed by atoms with E-state index in [0.717, 1.165) is 10.5 Å². The number of carbonyl (C=O) groups is 1. The van der Waals surface area contributed by atoms with Crippen LogP contribution >= 0.6 is 15.9 Å². The van der Waals surface area contributed by atoms with Crippen LogP contribution in [0.5, 0.6) is 0 Å². The first-order valence-electron chi connectivity index (χ1n) is 6.93. The average Bonchev–Trinajstić information content (AvgIpc) is 2.85. The van der Waals surface area contributed by atoms with E-state index in [2.05, 4.69) is 26.3 Å². The summed E-state index contributed by atoms with van der Waals surface area (Å²) in [6, 6.07) is 7.92. The zero-order chi connectivity index (χ0) is 17.0. The second kappa shape index (κ2) is 7.16. The van der Waals surface area contributed by atoms with Gasteiger partial charge in [0.25, 0.3) is 5.91 Å². The molecular formula is C15H15BrF3N3O. The molecule has 1 aromatic carbocycles. The molecule has 0 bridgehead atoms. The normalized spacial score (nSPS) is 11.5. The van der Waals surface area contributed by atoms with Crippen LogP contribution in [0.25, 0.3) is 0 Å². The van der Waals surface area contributed by atoms with Crippen LogP contribution in [0.15, 0.2) is 34.8 Å². The molecule has 1 heterocycles. The number of benzene rings is 1. The molecule has 8 heteroatoms. The minimum atomic E-state index is -4.44. The maximum atomic E-state index is 12.6. The van der Waals surface area contributed by atoms with Gasteiger partial charge < -0.3 is 5.32 Å². The lowest BCUT2D eigenvalue weighted by molar-refractivity contribution is -0.141. The van der Waals surface area contributed by atoms with Gasteiger partial charge in [0.2, 0.25) is 0 Å². The Bertz CT molecular complexity index is 680. The molecule has 0 aliphatic carbocycles. The lowest BCUT2D eigenvalue weighted by Crippen LogP contribution is -2.25. The Morgan fingerprint density at radius 3 is 2.52 bits per heavy atom. The zero-order valence-electron chi connectivity index (χ0n) is 12.3. The minimum Gasteiger partial charge on any atom is -0.352 e. The fourth-order valence-corrected chi connectivity index (χ4v) is 2.27. The van der Waals surface area contributed by atoms with Crippen molar-refractivity contribution in [3.63, 3.8) is 0 Å². The van der Waals surface area contributed by atoms with Crippen LogP contribution in [0.3, 0.4) is 0 Å².